The van der Waals surface area contributed by atoms with Gasteiger partial charge in [0.05, 0.1) is 17.7 Å². The second kappa shape index (κ2) is 10.7. The van der Waals surface area contributed by atoms with Crippen LogP contribution in [0, 0.1) is 0 Å². The van der Waals surface area contributed by atoms with Crippen molar-refractivity contribution >= 4 is 24.2 Å². The van der Waals surface area contributed by atoms with E-state index in [2.05, 4.69) is 4.98 Å². The van der Waals surface area contributed by atoms with Crippen LogP contribution in [0.5, 0.6) is 11.8 Å². The first-order valence-electron chi connectivity index (χ1n) is 13.8. The maximum absolute atomic E-state index is 13.6. The molecule has 7 nitrogen and oxygen atoms in total. The van der Waals surface area contributed by atoms with Crippen LogP contribution in [0.4, 0.5) is 5.69 Å². The second-order valence-electron chi connectivity index (χ2n) is 11.4. The molecule has 0 aliphatic carbocycles. The first kappa shape index (κ1) is 27.1. The number of carbonyl (C=O) groups is 1. The van der Waals surface area contributed by atoms with Gasteiger partial charge >= 0.3 is 7.12 Å². The summed E-state index contributed by atoms with van der Waals surface area (Å²) < 4.78 is 24.7. The van der Waals surface area contributed by atoms with E-state index in [4.69, 9.17) is 18.8 Å². The number of hydrogen-bond acceptors (Lipinski definition) is 6. The fourth-order valence-electron chi connectivity index (χ4n) is 4.93. The number of fused-ring (bicyclic) bond motifs is 1. The monoisotopic (exact) mass is 548 g/mol. The van der Waals surface area contributed by atoms with Crippen molar-refractivity contribution in [1.29, 1.82) is 0 Å². The molecule has 41 heavy (non-hydrogen) atoms. The molecule has 208 valence electrons. The standard InChI is InChI=1S/C33H33BN2O5/c1-32(2)33(3,4)41-34(40-32)26-15-16-27-25(19-26)20-36(31(27)37)28-17-18-29(38-21-23-11-7-5-8-12-23)35-30(28)39-22-24-13-9-6-10-14-24/h5-19H,20-22H2,1-4H3. The van der Waals surface area contributed by atoms with E-state index in [1.165, 1.54) is 0 Å². The number of anilines is 1. The molecule has 2 aliphatic heterocycles. The predicted octanol–water partition coefficient (Wildman–Crippen LogP) is 5.70. The van der Waals surface area contributed by atoms with Crippen LogP contribution in [0.3, 0.4) is 0 Å². The molecular formula is C33H33BN2O5. The van der Waals surface area contributed by atoms with Crippen molar-refractivity contribution in [2.24, 2.45) is 0 Å². The van der Waals surface area contributed by atoms with Gasteiger partial charge < -0.3 is 18.8 Å². The Morgan fingerprint density at radius 3 is 2.05 bits per heavy atom. The highest BCUT2D eigenvalue weighted by molar-refractivity contribution is 6.62. The zero-order valence-electron chi connectivity index (χ0n) is 23.8. The van der Waals surface area contributed by atoms with E-state index in [9.17, 15) is 4.79 Å². The lowest BCUT2D eigenvalue weighted by atomic mass is 9.78. The van der Waals surface area contributed by atoms with Gasteiger partial charge in [0.25, 0.3) is 5.91 Å². The smallest absolute Gasteiger partial charge is 0.473 e. The van der Waals surface area contributed by atoms with E-state index in [1.807, 2.05) is 113 Å². The Labute approximate surface area is 241 Å². The molecule has 0 unspecified atom stereocenters. The first-order chi connectivity index (χ1) is 19.7. The summed E-state index contributed by atoms with van der Waals surface area (Å²) in [4.78, 5) is 20.0. The highest BCUT2D eigenvalue weighted by Crippen LogP contribution is 2.38. The van der Waals surface area contributed by atoms with Crippen LogP contribution in [0.1, 0.15) is 54.7 Å². The number of ether oxygens (including phenoxy) is 2. The summed E-state index contributed by atoms with van der Waals surface area (Å²) in [5.41, 5.74) is 4.17. The largest absolute Gasteiger partial charge is 0.494 e. The predicted molar refractivity (Wildman–Crippen MR) is 158 cm³/mol. The quantitative estimate of drug-likeness (QED) is 0.263. The average Bonchev–Trinajstić information content (AvgIpc) is 3.42. The molecule has 0 atom stereocenters. The number of amides is 1. The van der Waals surface area contributed by atoms with Gasteiger partial charge in [0, 0.05) is 11.6 Å². The van der Waals surface area contributed by atoms with Crippen molar-refractivity contribution in [2.75, 3.05) is 4.90 Å². The lowest BCUT2D eigenvalue weighted by Gasteiger charge is -2.32. The highest BCUT2D eigenvalue weighted by atomic mass is 16.7. The number of aromatic nitrogens is 1. The van der Waals surface area contributed by atoms with Gasteiger partial charge in [-0.05, 0) is 62.0 Å². The van der Waals surface area contributed by atoms with Crippen molar-refractivity contribution in [3.05, 3.63) is 113 Å². The molecule has 3 heterocycles. The first-order valence-corrected chi connectivity index (χ1v) is 13.8. The van der Waals surface area contributed by atoms with Crippen molar-refractivity contribution < 1.29 is 23.6 Å². The number of pyridine rings is 1. The molecule has 6 rings (SSSR count). The summed E-state index contributed by atoms with van der Waals surface area (Å²) in [6.45, 7) is 9.19. The molecule has 0 N–H and O–H groups in total. The number of carbonyl (C=O) groups excluding carboxylic acids is 1. The zero-order valence-corrected chi connectivity index (χ0v) is 23.8. The summed E-state index contributed by atoms with van der Waals surface area (Å²) >= 11 is 0. The van der Waals surface area contributed by atoms with Gasteiger partial charge in [0.1, 0.15) is 18.9 Å². The molecule has 0 saturated carbocycles. The molecule has 0 bridgehead atoms. The minimum atomic E-state index is -0.498. The molecule has 8 heteroatoms. The van der Waals surface area contributed by atoms with Crippen LogP contribution in [-0.4, -0.2) is 29.2 Å². The molecule has 1 fully saturated rings. The highest BCUT2D eigenvalue weighted by Gasteiger charge is 2.52. The molecule has 1 aromatic heterocycles. The number of benzene rings is 3. The molecule has 3 aromatic carbocycles. The van der Waals surface area contributed by atoms with E-state index >= 15 is 0 Å². The summed E-state index contributed by atoms with van der Waals surface area (Å²) in [7, 11) is -0.498. The van der Waals surface area contributed by atoms with E-state index in [-0.39, 0.29) is 5.91 Å². The Morgan fingerprint density at radius 2 is 1.41 bits per heavy atom. The zero-order chi connectivity index (χ0) is 28.6. The molecule has 1 amide bonds. The van der Waals surface area contributed by atoms with Crippen LogP contribution >= 0.6 is 0 Å². The fourth-order valence-corrected chi connectivity index (χ4v) is 4.93. The van der Waals surface area contributed by atoms with Crippen LogP contribution in [0.25, 0.3) is 0 Å². The maximum Gasteiger partial charge on any atom is 0.494 e. The van der Waals surface area contributed by atoms with Gasteiger partial charge in [0.2, 0.25) is 11.8 Å². The van der Waals surface area contributed by atoms with Crippen molar-refractivity contribution in [3.8, 4) is 11.8 Å². The third kappa shape index (κ3) is 5.45. The minimum Gasteiger partial charge on any atom is -0.473 e. The average molecular weight is 548 g/mol. The lowest BCUT2D eigenvalue weighted by molar-refractivity contribution is 0.00578. The third-order valence-electron chi connectivity index (χ3n) is 8.01. The second-order valence-corrected chi connectivity index (χ2v) is 11.4. The van der Waals surface area contributed by atoms with E-state index in [0.29, 0.717) is 42.8 Å². The van der Waals surface area contributed by atoms with Gasteiger partial charge in [-0.2, -0.15) is 4.98 Å². The SMILES string of the molecule is CC1(C)OB(c2ccc3c(c2)CN(c2ccc(OCc4ccccc4)nc2OCc2ccccc2)C3=O)OC1(C)C. The van der Waals surface area contributed by atoms with E-state index in [0.717, 1.165) is 22.2 Å². The van der Waals surface area contributed by atoms with Gasteiger partial charge in [0.15, 0.2) is 0 Å². The molecule has 4 aromatic rings. The topological polar surface area (TPSA) is 70.1 Å². The van der Waals surface area contributed by atoms with Crippen molar-refractivity contribution in [3.63, 3.8) is 0 Å². The Hall–Kier alpha value is -4.14. The summed E-state index contributed by atoms with van der Waals surface area (Å²) in [6, 6.07) is 29.2. The Kier molecular flexibility index (Phi) is 7.05. The summed E-state index contributed by atoms with van der Waals surface area (Å²) in [5, 5.41) is 0. The van der Waals surface area contributed by atoms with Gasteiger partial charge in [-0.25, -0.2) is 0 Å². The maximum atomic E-state index is 13.6. The Balaban J connectivity index is 1.26. The van der Waals surface area contributed by atoms with Crippen LogP contribution < -0.4 is 19.8 Å². The number of rotatable bonds is 8. The van der Waals surface area contributed by atoms with Gasteiger partial charge in [-0.1, -0.05) is 72.8 Å². The van der Waals surface area contributed by atoms with Crippen molar-refractivity contribution in [1.82, 2.24) is 4.98 Å². The molecule has 1 saturated heterocycles. The van der Waals surface area contributed by atoms with E-state index < -0.39 is 18.3 Å². The normalized spacial score (nSPS) is 17.0. The fraction of sp³-hybridized carbons (Fsp3) is 0.273. The van der Waals surface area contributed by atoms with Crippen molar-refractivity contribution in [2.45, 2.75) is 58.7 Å². The Morgan fingerprint density at radius 1 is 0.805 bits per heavy atom. The third-order valence-corrected chi connectivity index (χ3v) is 8.01. The summed E-state index contributed by atoms with van der Waals surface area (Å²) in [6.07, 6.45) is 0. The molecule has 0 spiro atoms. The van der Waals surface area contributed by atoms with Crippen LogP contribution in [0.2, 0.25) is 0 Å². The molecule has 0 radical (unpaired) electrons. The number of nitrogens with zero attached hydrogens (tertiary/aromatic N) is 2. The lowest BCUT2D eigenvalue weighted by Crippen LogP contribution is -2.41. The van der Waals surface area contributed by atoms with Crippen LogP contribution in [-0.2, 0) is 29.1 Å². The molecular weight excluding hydrogens is 515 g/mol. The van der Waals surface area contributed by atoms with Gasteiger partial charge in [-0.3, -0.25) is 9.69 Å². The number of hydrogen-bond donors (Lipinski definition) is 0. The van der Waals surface area contributed by atoms with Gasteiger partial charge in [-0.15, -0.1) is 0 Å². The molecule has 2 aliphatic rings. The summed E-state index contributed by atoms with van der Waals surface area (Å²) in [5.74, 6) is 0.657. The minimum absolute atomic E-state index is 0.107. The van der Waals surface area contributed by atoms with Crippen LogP contribution in [0.15, 0.2) is 91.0 Å². The Bertz CT molecular complexity index is 1540. The van der Waals surface area contributed by atoms with E-state index in [1.54, 1.807) is 11.0 Å².